The molecule has 1 aliphatic carbocycles. The Morgan fingerprint density at radius 3 is 3.07 bits per heavy atom. The summed E-state index contributed by atoms with van der Waals surface area (Å²) < 4.78 is 1.78. The van der Waals surface area contributed by atoms with Crippen molar-refractivity contribution >= 4 is 5.91 Å². The fourth-order valence-electron chi connectivity index (χ4n) is 1.61. The summed E-state index contributed by atoms with van der Waals surface area (Å²) in [6.07, 6.45) is 3.48. The van der Waals surface area contributed by atoms with Crippen LogP contribution in [0.4, 0.5) is 0 Å². The van der Waals surface area contributed by atoms with Crippen molar-refractivity contribution in [2.75, 3.05) is 0 Å². The predicted octanol–water partition coefficient (Wildman–Crippen LogP) is 0.820. The average molecular weight is 208 g/mol. The largest absolute Gasteiger partial charge is 0.387 e. The topological polar surface area (TPSA) is 54.3 Å². The molecule has 0 radical (unpaired) electrons. The Kier molecular flexibility index (Phi) is 2.77. The second kappa shape index (κ2) is 4.06. The lowest BCUT2D eigenvalue weighted by Gasteiger charge is -2.11. The van der Waals surface area contributed by atoms with E-state index in [4.69, 9.17) is 0 Å². The molecule has 1 atom stereocenters. The van der Waals surface area contributed by atoms with Gasteiger partial charge in [-0.3, -0.25) is 4.79 Å². The molecule has 0 saturated heterocycles. The molecular weight excluding hydrogens is 192 g/mol. The summed E-state index contributed by atoms with van der Waals surface area (Å²) >= 11 is 0. The number of aromatic nitrogens is 1. The molecule has 0 bridgehead atoms. The van der Waals surface area contributed by atoms with Gasteiger partial charge in [0, 0.05) is 17.9 Å². The third-order valence-corrected chi connectivity index (χ3v) is 2.55. The highest BCUT2D eigenvalue weighted by Gasteiger charge is 2.23. The SMILES string of the molecule is CC(O)c1cccn1CC(=O)NC1CC1. The van der Waals surface area contributed by atoms with Crippen LogP contribution in [0.2, 0.25) is 0 Å². The van der Waals surface area contributed by atoms with Gasteiger partial charge in [0.25, 0.3) is 0 Å². The minimum atomic E-state index is -0.534. The van der Waals surface area contributed by atoms with Gasteiger partial charge in [-0.05, 0) is 31.9 Å². The Balaban J connectivity index is 1.96. The van der Waals surface area contributed by atoms with Gasteiger partial charge in [0.15, 0.2) is 0 Å². The summed E-state index contributed by atoms with van der Waals surface area (Å²) in [5.74, 6) is 0.0237. The molecule has 82 valence electrons. The van der Waals surface area contributed by atoms with Crippen molar-refractivity contribution in [3.8, 4) is 0 Å². The molecule has 0 aromatic carbocycles. The molecule has 4 nitrogen and oxygen atoms in total. The van der Waals surface area contributed by atoms with Crippen LogP contribution in [0.25, 0.3) is 0 Å². The second-order valence-electron chi connectivity index (χ2n) is 4.08. The Morgan fingerprint density at radius 1 is 1.73 bits per heavy atom. The third-order valence-electron chi connectivity index (χ3n) is 2.55. The molecule has 15 heavy (non-hydrogen) atoms. The van der Waals surface area contributed by atoms with E-state index in [1.54, 1.807) is 11.5 Å². The first kappa shape index (κ1) is 10.2. The first-order valence-electron chi connectivity index (χ1n) is 5.29. The summed E-state index contributed by atoms with van der Waals surface area (Å²) in [7, 11) is 0. The van der Waals surface area contributed by atoms with Crippen molar-refractivity contribution < 1.29 is 9.90 Å². The maximum absolute atomic E-state index is 11.5. The smallest absolute Gasteiger partial charge is 0.240 e. The van der Waals surface area contributed by atoms with E-state index in [0.717, 1.165) is 18.5 Å². The molecule has 1 amide bonds. The molecule has 1 unspecified atom stereocenters. The molecule has 1 fully saturated rings. The molecule has 2 N–H and O–H groups in total. The van der Waals surface area contributed by atoms with Crippen molar-refractivity contribution in [3.63, 3.8) is 0 Å². The number of rotatable bonds is 4. The summed E-state index contributed by atoms with van der Waals surface area (Å²) in [4.78, 5) is 11.5. The Bertz CT molecular complexity index is 353. The van der Waals surface area contributed by atoms with Crippen molar-refractivity contribution in [1.82, 2.24) is 9.88 Å². The van der Waals surface area contributed by atoms with E-state index in [9.17, 15) is 9.90 Å². The molecule has 0 aliphatic heterocycles. The van der Waals surface area contributed by atoms with Gasteiger partial charge in [-0.1, -0.05) is 0 Å². The van der Waals surface area contributed by atoms with Crippen LogP contribution >= 0.6 is 0 Å². The van der Waals surface area contributed by atoms with E-state index < -0.39 is 6.10 Å². The molecule has 0 spiro atoms. The summed E-state index contributed by atoms with van der Waals surface area (Å²) in [6.45, 7) is 1.99. The van der Waals surface area contributed by atoms with Crippen LogP contribution in [0, 0.1) is 0 Å². The van der Waals surface area contributed by atoms with Crippen LogP contribution in [0.1, 0.15) is 31.6 Å². The van der Waals surface area contributed by atoms with E-state index in [1.807, 2.05) is 18.3 Å². The number of hydrogen-bond acceptors (Lipinski definition) is 2. The number of nitrogens with zero attached hydrogens (tertiary/aromatic N) is 1. The van der Waals surface area contributed by atoms with E-state index in [2.05, 4.69) is 5.32 Å². The number of carbonyl (C=O) groups is 1. The molecule has 1 saturated carbocycles. The Morgan fingerprint density at radius 2 is 2.47 bits per heavy atom. The molecule has 1 heterocycles. The van der Waals surface area contributed by atoms with Gasteiger partial charge in [0.05, 0.1) is 6.10 Å². The highest BCUT2D eigenvalue weighted by molar-refractivity contribution is 5.76. The Hall–Kier alpha value is -1.29. The van der Waals surface area contributed by atoms with Crippen LogP contribution in [0.15, 0.2) is 18.3 Å². The fourth-order valence-corrected chi connectivity index (χ4v) is 1.61. The van der Waals surface area contributed by atoms with Crippen LogP contribution in [-0.4, -0.2) is 21.6 Å². The van der Waals surface area contributed by atoms with Crippen LogP contribution < -0.4 is 5.32 Å². The zero-order valence-electron chi connectivity index (χ0n) is 8.81. The van der Waals surface area contributed by atoms with Gasteiger partial charge < -0.3 is 15.0 Å². The quantitative estimate of drug-likeness (QED) is 0.769. The lowest BCUT2D eigenvalue weighted by Crippen LogP contribution is -2.29. The lowest BCUT2D eigenvalue weighted by molar-refractivity contribution is -0.121. The number of hydrogen-bond donors (Lipinski definition) is 2. The summed E-state index contributed by atoms with van der Waals surface area (Å²) in [5, 5.41) is 12.4. The Labute approximate surface area is 88.9 Å². The zero-order chi connectivity index (χ0) is 10.8. The first-order valence-corrected chi connectivity index (χ1v) is 5.29. The lowest BCUT2D eigenvalue weighted by atomic mass is 10.3. The van der Waals surface area contributed by atoms with Crippen LogP contribution in [0.3, 0.4) is 0 Å². The highest BCUT2D eigenvalue weighted by atomic mass is 16.3. The minimum absolute atomic E-state index is 0.0237. The zero-order valence-corrected chi connectivity index (χ0v) is 8.81. The molecule has 4 heteroatoms. The van der Waals surface area contributed by atoms with Crippen LogP contribution in [0.5, 0.6) is 0 Å². The van der Waals surface area contributed by atoms with Gasteiger partial charge >= 0.3 is 0 Å². The van der Waals surface area contributed by atoms with Crippen LogP contribution in [-0.2, 0) is 11.3 Å². The number of aliphatic hydroxyl groups excluding tert-OH is 1. The van der Waals surface area contributed by atoms with Crippen molar-refractivity contribution in [2.24, 2.45) is 0 Å². The average Bonchev–Trinajstić information content (AvgIpc) is 2.82. The number of amides is 1. The molecule has 1 aliphatic rings. The van der Waals surface area contributed by atoms with Gasteiger partial charge in [0.2, 0.25) is 5.91 Å². The second-order valence-corrected chi connectivity index (χ2v) is 4.08. The standard InChI is InChI=1S/C11H16N2O2/c1-8(14)10-3-2-6-13(10)7-11(15)12-9-4-5-9/h2-3,6,8-9,14H,4-5,7H2,1H3,(H,12,15). The number of nitrogens with one attached hydrogen (secondary N) is 1. The molecule has 2 rings (SSSR count). The van der Waals surface area contributed by atoms with Gasteiger partial charge in [0.1, 0.15) is 6.54 Å². The third kappa shape index (κ3) is 2.59. The summed E-state index contributed by atoms with van der Waals surface area (Å²) in [6, 6.07) is 4.06. The highest BCUT2D eigenvalue weighted by Crippen LogP contribution is 2.19. The first-order chi connectivity index (χ1) is 7.16. The molecule has 1 aromatic heterocycles. The maximum Gasteiger partial charge on any atom is 0.240 e. The van der Waals surface area contributed by atoms with Gasteiger partial charge in [-0.2, -0.15) is 0 Å². The monoisotopic (exact) mass is 208 g/mol. The predicted molar refractivity (Wildman–Crippen MR) is 56.2 cm³/mol. The van der Waals surface area contributed by atoms with Gasteiger partial charge in [-0.15, -0.1) is 0 Å². The molecule has 1 aromatic rings. The minimum Gasteiger partial charge on any atom is -0.387 e. The van der Waals surface area contributed by atoms with Gasteiger partial charge in [-0.25, -0.2) is 0 Å². The van der Waals surface area contributed by atoms with E-state index >= 15 is 0 Å². The fraction of sp³-hybridized carbons (Fsp3) is 0.545. The molecular formula is C11H16N2O2. The number of carbonyl (C=O) groups excluding carboxylic acids is 1. The van der Waals surface area contributed by atoms with E-state index in [1.165, 1.54) is 0 Å². The van der Waals surface area contributed by atoms with E-state index in [0.29, 0.717) is 12.6 Å². The maximum atomic E-state index is 11.5. The normalized spacial score (nSPS) is 17.5. The summed E-state index contributed by atoms with van der Waals surface area (Å²) in [5.41, 5.74) is 0.779. The van der Waals surface area contributed by atoms with Crippen molar-refractivity contribution in [2.45, 2.75) is 38.5 Å². The van der Waals surface area contributed by atoms with Crippen molar-refractivity contribution in [1.29, 1.82) is 0 Å². The number of aliphatic hydroxyl groups is 1. The van der Waals surface area contributed by atoms with E-state index in [-0.39, 0.29) is 5.91 Å². The van der Waals surface area contributed by atoms with Crippen molar-refractivity contribution in [3.05, 3.63) is 24.0 Å².